The van der Waals surface area contributed by atoms with Crippen LogP contribution in [0.4, 0.5) is 5.69 Å². The van der Waals surface area contributed by atoms with Gasteiger partial charge in [0.15, 0.2) is 0 Å². The first-order valence-electron chi connectivity index (χ1n) is 7.81. The van der Waals surface area contributed by atoms with Gasteiger partial charge in [-0.05, 0) is 30.3 Å². The summed E-state index contributed by atoms with van der Waals surface area (Å²) in [6.07, 6.45) is 0. The van der Waals surface area contributed by atoms with Crippen molar-refractivity contribution >= 4 is 35.2 Å². The van der Waals surface area contributed by atoms with Crippen molar-refractivity contribution in [2.45, 2.75) is 4.90 Å². The fourth-order valence-corrected chi connectivity index (χ4v) is 3.16. The molecule has 2 aromatic carbocycles. The molecule has 1 aliphatic rings. The Labute approximate surface area is 149 Å². The Morgan fingerprint density at radius 2 is 1.64 bits per heavy atom. The van der Waals surface area contributed by atoms with E-state index < -0.39 is 0 Å². The van der Waals surface area contributed by atoms with Crippen LogP contribution in [-0.4, -0.2) is 36.6 Å². The fraction of sp³-hybridized carbons (Fsp3) is 0.167. The molecule has 0 radical (unpaired) electrons. The van der Waals surface area contributed by atoms with Crippen molar-refractivity contribution in [2.75, 3.05) is 24.2 Å². The number of fused-ring (bicyclic) bond motifs is 1. The minimum absolute atomic E-state index is 0.0707. The van der Waals surface area contributed by atoms with Gasteiger partial charge in [-0.25, -0.2) is 0 Å². The summed E-state index contributed by atoms with van der Waals surface area (Å²) in [5, 5.41) is 8.26. The van der Waals surface area contributed by atoms with E-state index >= 15 is 0 Å². The number of thioether (sulfide) groups is 1. The zero-order valence-electron chi connectivity index (χ0n) is 13.4. The van der Waals surface area contributed by atoms with Gasteiger partial charge in [0.1, 0.15) is 0 Å². The van der Waals surface area contributed by atoms with Crippen molar-refractivity contribution in [1.82, 2.24) is 10.6 Å². The average Bonchev–Trinajstić information content (AvgIpc) is 2.65. The molecule has 0 atom stereocenters. The highest BCUT2D eigenvalue weighted by Gasteiger charge is 2.17. The third kappa shape index (κ3) is 4.39. The minimum Gasteiger partial charge on any atom is -0.350 e. The van der Waals surface area contributed by atoms with Gasteiger partial charge < -0.3 is 16.0 Å². The summed E-state index contributed by atoms with van der Waals surface area (Å²) in [6.45, 7) is 0.645. The van der Waals surface area contributed by atoms with E-state index in [2.05, 4.69) is 16.0 Å². The van der Waals surface area contributed by atoms with Gasteiger partial charge in [-0.3, -0.25) is 14.4 Å². The fourth-order valence-electron chi connectivity index (χ4n) is 2.37. The Morgan fingerprint density at radius 1 is 0.960 bits per heavy atom. The van der Waals surface area contributed by atoms with E-state index in [1.165, 1.54) is 11.8 Å². The molecular weight excluding hydrogens is 338 g/mol. The predicted molar refractivity (Wildman–Crippen MR) is 96.9 cm³/mol. The van der Waals surface area contributed by atoms with Crippen LogP contribution in [-0.2, 0) is 4.79 Å². The number of benzene rings is 2. The number of amides is 3. The normalized spacial score (nSPS) is 12.7. The van der Waals surface area contributed by atoms with Crippen molar-refractivity contribution in [2.24, 2.45) is 0 Å². The molecule has 6 nitrogen and oxygen atoms in total. The molecule has 128 valence electrons. The van der Waals surface area contributed by atoms with Crippen molar-refractivity contribution in [1.29, 1.82) is 0 Å². The number of hydrogen-bond donors (Lipinski definition) is 3. The molecule has 0 spiro atoms. The molecule has 0 bridgehead atoms. The average molecular weight is 355 g/mol. The molecule has 3 N–H and O–H groups in total. The summed E-state index contributed by atoms with van der Waals surface area (Å²) < 4.78 is 0. The number of nitrogens with one attached hydrogen (secondary N) is 3. The lowest BCUT2D eigenvalue weighted by Crippen LogP contribution is -2.34. The highest BCUT2D eigenvalue weighted by Crippen LogP contribution is 2.31. The van der Waals surface area contributed by atoms with Gasteiger partial charge in [0.05, 0.1) is 11.4 Å². The van der Waals surface area contributed by atoms with Crippen LogP contribution in [0.5, 0.6) is 0 Å². The van der Waals surface area contributed by atoms with Crippen LogP contribution in [0.2, 0.25) is 0 Å². The molecule has 0 unspecified atom stereocenters. The van der Waals surface area contributed by atoms with E-state index in [1.54, 1.807) is 36.4 Å². The highest BCUT2D eigenvalue weighted by molar-refractivity contribution is 8.00. The largest absolute Gasteiger partial charge is 0.350 e. The number of carbonyl (C=O) groups excluding carboxylic acids is 3. The second-order valence-electron chi connectivity index (χ2n) is 5.43. The zero-order valence-corrected chi connectivity index (χ0v) is 14.2. The van der Waals surface area contributed by atoms with Gasteiger partial charge in [0.25, 0.3) is 11.8 Å². The third-order valence-electron chi connectivity index (χ3n) is 3.61. The maximum absolute atomic E-state index is 12.2. The first-order chi connectivity index (χ1) is 12.1. The van der Waals surface area contributed by atoms with E-state index in [1.807, 2.05) is 12.1 Å². The SMILES string of the molecule is O=C1CSc2ccc(C(=O)NCCNC(=O)c3ccccc3)cc2N1. The highest BCUT2D eigenvalue weighted by atomic mass is 32.2. The predicted octanol–water partition coefficient (Wildman–Crippen LogP) is 1.89. The summed E-state index contributed by atoms with van der Waals surface area (Å²) >= 11 is 1.45. The van der Waals surface area contributed by atoms with Gasteiger partial charge in [-0.15, -0.1) is 11.8 Å². The molecule has 3 amide bonds. The van der Waals surface area contributed by atoms with Crippen LogP contribution in [0.15, 0.2) is 53.4 Å². The Balaban J connectivity index is 1.49. The maximum Gasteiger partial charge on any atom is 0.251 e. The standard InChI is InChI=1S/C18H17N3O3S/c22-16-11-25-15-7-6-13(10-14(15)21-16)18(24)20-9-8-19-17(23)12-4-2-1-3-5-12/h1-7,10H,8-9,11H2,(H,19,23)(H,20,24)(H,21,22). The molecule has 0 aromatic heterocycles. The second kappa shape index (κ2) is 7.85. The van der Waals surface area contributed by atoms with Gasteiger partial charge in [-0.2, -0.15) is 0 Å². The monoisotopic (exact) mass is 355 g/mol. The van der Waals surface area contributed by atoms with Crippen molar-refractivity contribution in [3.05, 3.63) is 59.7 Å². The van der Waals surface area contributed by atoms with Gasteiger partial charge in [0, 0.05) is 29.1 Å². The molecule has 0 saturated heterocycles. The molecule has 0 aliphatic carbocycles. The lowest BCUT2D eigenvalue weighted by molar-refractivity contribution is -0.113. The zero-order chi connectivity index (χ0) is 17.6. The number of anilines is 1. The number of carbonyl (C=O) groups is 3. The molecule has 1 aliphatic heterocycles. The van der Waals surface area contributed by atoms with Gasteiger partial charge in [-0.1, -0.05) is 18.2 Å². The molecule has 0 saturated carbocycles. The molecule has 1 heterocycles. The third-order valence-corrected chi connectivity index (χ3v) is 4.68. The van der Waals surface area contributed by atoms with E-state index in [4.69, 9.17) is 0 Å². The number of hydrogen-bond acceptors (Lipinski definition) is 4. The van der Waals surface area contributed by atoms with Crippen LogP contribution in [0.1, 0.15) is 20.7 Å². The molecular formula is C18H17N3O3S. The Bertz CT molecular complexity index is 808. The lowest BCUT2D eigenvalue weighted by Gasteiger charge is -2.17. The van der Waals surface area contributed by atoms with Crippen LogP contribution in [0, 0.1) is 0 Å². The van der Waals surface area contributed by atoms with E-state index in [9.17, 15) is 14.4 Å². The first kappa shape index (κ1) is 17.0. The summed E-state index contributed by atoms with van der Waals surface area (Å²) in [4.78, 5) is 36.4. The van der Waals surface area contributed by atoms with Crippen molar-refractivity contribution < 1.29 is 14.4 Å². The van der Waals surface area contributed by atoms with Crippen LogP contribution >= 0.6 is 11.8 Å². The second-order valence-corrected chi connectivity index (χ2v) is 6.44. The van der Waals surface area contributed by atoms with Gasteiger partial charge in [0.2, 0.25) is 5.91 Å². The van der Waals surface area contributed by atoms with Crippen LogP contribution in [0.3, 0.4) is 0 Å². The summed E-state index contributed by atoms with van der Waals surface area (Å²) in [7, 11) is 0. The topological polar surface area (TPSA) is 87.3 Å². The molecule has 3 rings (SSSR count). The lowest BCUT2D eigenvalue weighted by atomic mass is 10.2. The van der Waals surface area contributed by atoms with E-state index in [0.717, 1.165) is 4.90 Å². The smallest absolute Gasteiger partial charge is 0.251 e. The first-order valence-corrected chi connectivity index (χ1v) is 8.80. The van der Waals surface area contributed by atoms with Crippen molar-refractivity contribution in [3.8, 4) is 0 Å². The van der Waals surface area contributed by atoms with E-state index in [0.29, 0.717) is 35.7 Å². The van der Waals surface area contributed by atoms with Crippen LogP contribution < -0.4 is 16.0 Å². The minimum atomic E-state index is -0.249. The van der Waals surface area contributed by atoms with Gasteiger partial charge >= 0.3 is 0 Å². The molecule has 2 aromatic rings. The number of rotatable bonds is 5. The maximum atomic E-state index is 12.2. The molecule has 25 heavy (non-hydrogen) atoms. The Kier molecular flexibility index (Phi) is 5.35. The summed E-state index contributed by atoms with van der Waals surface area (Å²) in [5.74, 6) is -0.108. The van der Waals surface area contributed by atoms with E-state index in [-0.39, 0.29) is 17.7 Å². The van der Waals surface area contributed by atoms with Crippen LogP contribution in [0.25, 0.3) is 0 Å². The summed E-state index contributed by atoms with van der Waals surface area (Å²) in [5.41, 5.74) is 1.71. The Morgan fingerprint density at radius 3 is 2.36 bits per heavy atom. The molecule has 0 fully saturated rings. The molecule has 7 heteroatoms. The Hall–Kier alpha value is -2.80. The van der Waals surface area contributed by atoms with Crippen molar-refractivity contribution in [3.63, 3.8) is 0 Å². The summed E-state index contributed by atoms with van der Waals surface area (Å²) in [6, 6.07) is 14.1. The quantitative estimate of drug-likeness (QED) is 0.715.